The number of nitrogens with zero attached hydrogens (tertiary/aromatic N) is 2. The smallest absolute Gasteiger partial charge is 0.0785 e. The van der Waals surface area contributed by atoms with Crippen molar-refractivity contribution in [3.05, 3.63) is 17.4 Å². The fourth-order valence-corrected chi connectivity index (χ4v) is 1.17. The first-order valence-electron chi connectivity index (χ1n) is 3.82. The molecule has 0 aliphatic rings. The Bertz CT molecular complexity index is 257. The summed E-state index contributed by atoms with van der Waals surface area (Å²) in [6.45, 7) is 5.15. The molecule has 0 unspecified atom stereocenters. The molecule has 0 saturated carbocycles. The normalized spacial score (nSPS) is 12.0. The van der Waals surface area contributed by atoms with Crippen LogP contribution in [-0.4, -0.2) is 15.5 Å². The molecule has 0 amide bonds. The van der Waals surface area contributed by atoms with Crippen molar-refractivity contribution in [2.24, 2.45) is 5.41 Å². The standard InChI is InChI=1S/C8H13ClN2S/c1-8(2,6-12)5-11-4-7(9)3-10-11/h3-4,12H,5-6H2,1-2H3. The molecule has 0 aliphatic carbocycles. The molecule has 1 aromatic heterocycles. The average Bonchev–Trinajstić information content (AvgIpc) is 2.35. The Balaban J connectivity index is 2.63. The Labute approximate surface area is 83.3 Å². The van der Waals surface area contributed by atoms with Gasteiger partial charge in [-0.25, -0.2) is 0 Å². The van der Waals surface area contributed by atoms with Gasteiger partial charge in [0.15, 0.2) is 0 Å². The number of aromatic nitrogens is 2. The maximum atomic E-state index is 5.73. The lowest BCUT2D eigenvalue weighted by molar-refractivity contribution is 0.334. The van der Waals surface area contributed by atoms with Crippen LogP contribution in [0.25, 0.3) is 0 Å². The third-order valence-corrected chi connectivity index (χ3v) is 2.67. The van der Waals surface area contributed by atoms with Crippen molar-refractivity contribution in [3.63, 3.8) is 0 Å². The minimum absolute atomic E-state index is 0.165. The molecule has 0 N–H and O–H groups in total. The summed E-state index contributed by atoms with van der Waals surface area (Å²) < 4.78 is 1.85. The first kappa shape index (κ1) is 9.93. The number of hydrogen-bond donors (Lipinski definition) is 1. The molecule has 1 aromatic rings. The number of halogens is 1. The summed E-state index contributed by atoms with van der Waals surface area (Å²) in [7, 11) is 0. The zero-order valence-corrected chi connectivity index (χ0v) is 8.94. The molecule has 0 saturated heterocycles. The summed E-state index contributed by atoms with van der Waals surface area (Å²) in [6, 6.07) is 0. The van der Waals surface area contributed by atoms with Crippen molar-refractivity contribution in [2.75, 3.05) is 5.75 Å². The number of rotatable bonds is 3. The molecule has 4 heteroatoms. The quantitative estimate of drug-likeness (QED) is 0.750. The second-order valence-electron chi connectivity index (χ2n) is 3.68. The van der Waals surface area contributed by atoms with Crippen molar-refractivity contribution in [2.45, 2.75) is 20.4 Å². The molecular formula is C8H13ClN2S. The molecule has 1 rings (SSSR count). The van der Waals surface area contributed by atoms with E-state index in [1.54, 1.807) is 6.20 Å². The lowest BCUT2D eigenvalue weighted by Crippen LogP contribution is -2.21. The first-order valence-corrected chi connectivity index (χ1v) is 4.83. The molecule has 0 aromatic carbocycles. The third-order valence-electron chi connectivity index (χ3n) is 1.62. The van der Waals surface area contributed by atoms with Gasteiger partial charge in [0, 0.05) is 12.7 Å². The Hall–Kier alpha value is -0.150. The highest BCUT2D eigenvalue weighted by molar-refractivity contribution is 7.80. The van der Waals surface area contributed by atoms with E-state index in [9.17, 15) is 0 Å². The maximum absolute atomic E-state index is 5.73. The SMILES string of the molecule is CC(C)(CS)Cn1cc(Cl)cn1. The van der Waals surface area contributed by atoms with Crippen LogP contribution >= 0.6 is 24.2 Å². The van der Waals surface area contributed by atoms with Gasteiger partial charge in [-0.3, -0.25) is 4.68 Å². The van der Waals surface area contributed by atoms with Crippen LogP contribution in [0.4, 0.5) is 0 Å². The van der Waals surface area contributed by atoms with E-state index in [-0.39, 0.29) is 5.41 Å². The van der Waals surface area contributed by atoms with E-state index in [0.29, 0.717) is 5.02 Å². The van der Waals surface area contributed by atoms with E-state index in [2.05, 4.69) is 31.6 Å². The Morgan fingerprint density at radius 2 is 2.33 bits per heavy atom. The summed E-state index contributed by atoms with van der Waals surface area (Å²) in [5.74, 6) is 0.838. The minimum atomic E-state index is 0.165. The predicted molar refractivity (Wildman–Crippen MR) is 54.9 cm³/mol. The molecule has 0 atom stereocenters. The zero-order chi connectivity index (χ0) is 9.19. The van der Waals surface area contributed by atoms with Crippen LogP contribution in [-0.2, 0) is 6.54 Å². The fourth-order valence-electron chi connectivity index (χ4n) is 0.913. The second-order valence-corrected chi connectivity index (χ2v) is 4.43. The highest BCUT2D eigenvalue weighted by atomic mass is 35.5. The number of hydrogen-bond acceptors (Lipinski definition) is 2. The van der Waals surface area contributed by atoms with Crippen LogP contribution in [0.5, 0.6) is 0 Å². The first-order chi connectivity index (χ1) is 5.53. The number of thiol groups is 1. The molecule has 0 radical (unpaired) electrons. The molecule has 2 nitrogen and oxygen atoms in total. The van der Waals surface area contributed by atoms with Crippen molar-refractivity contribution >= 4 is 24.2 Å². The van der Waals surface area contributed by atoms with Gasteiger partial charge in [0.25, 0.3) is 0 Å². The van der Waals surface area contributed by atoms with E-state index < -0.39 is 0 Å². The highest BCUT2D eigenvalue weighted by Gasteiger charge is 2.16. The highest BCUT2D eigenvalue weighted by Crippen LogP contribution is 2.19. The van der Waals surface area contributed by atoms with Crippen LogP contribution < -0.4 is 0 Å². The van der Waals surface area contributed by atoms with Gasteiger partial charge in [0.05, 0.1) is 11.2 Å². The summed E-state index contributed by atoms with van der Waals surface area (Å²) in [5.41, 5.74) is 0.165. The van der Waals surface area contributed by atoms with Gasteiger partial charge >= 0.3 is 0 Å². The molecular weight excluding hydrogens is 192 g/mol. The summed E-state index contributed by atoms with van der Waals surface area (Å²) in [5, 5.41) is 4.78. The predicted octanol–water partition coefficient (Wildman–Crippen LogP) is 2.49. The van der Waals surface area contributed by atoms with Crippen LogP contribution in [0.15, 0.2) is 12.4 Å². The third kappa shape index (κ3) is 2.72. The monoisotopic (exact) mass is 204 g/mol. The zero-order valence-electron chi connectivity index (χ0n) is 7.29. The van der Waals surface area contributed by atoms with Gasteiger partial charge in [0.1, 0.15) is 0 Å². The van der Waals surface area contributed by atoms with Crippen LogP contribution in [0.3, 0.4) is 0 Å². The molecule has 12 heavy (non-hydrogen) atoms. The lowest BCUT2D eigenvalue weighted by Gasteiger charge is -2.21. The molecule has 68 valence electrons. The van der Waals surface area contributed by atoms with E-state index in [1.165, 1.54) is 0 Å². The van der Waals surface area contributed by atoms with Gasteiger partial charge in [-0.2, -0.15) is 17.7 Å². The van der Waals surface area contributed by atoms with Crippen molar-refractivity contribution in [3.8, 4) is 0 Å². The lowest BCUT2D eigenvalue weighted by atomic mass is 9.97. The van der Waals surface area contributed by atoms with E-state index >= 15 is 0 Å². The van der Waals surface area contributed by atoms with Gasteiger partial charge in [0.2, 0.25) is 0 Å². The van der Waals surface area contributed by atoms with E-state index in [1.807, 2.05) is 10.9 Å². The largest absolute Gasteiger partial charge is 0.271 e. The molecule has 0 bridgehead atoms. The summed E-state index contributed by atoms with van der Waals surface area (Å²) in [4.78, 5) is 0. The van der Waals surface area contributed by atoms with E-state index in [4.69, 9.17) is 11.6 Å². The topological polar surface area (TPSA) is 17.8 Å². The Kier molecular flexibility index (Phi) is 3.07. The Morgan fingerprint density at radius 3 is 2.75 bits per heavy atom. The summed E-state index contributed by atoms with van der Waals surface area (Å²) >= 11 is 9.99. The summed E-state index contributed by atoms with van der Waals surface area (Å²) in [6.07, 6.45) is 3.48. The molecule has 0 aliphatic heterocycles. The van der Waals surface area contributed by atoms with Gasteiger partial charge < -0.3 is 0 Å². The van der Waals surface area contributed by atoms with Crippen molar-refractivity contribution in [1.82, 2.24) is 9.78 Å². The molecule has 1 heterocycles. The van der Waals surface area contributed by atoms with Gasteiger partial charge in [-0.15, -0.1) is 0 Å². The van der Waals surface area contributed by atoms with Gasteiger partial charge in [-0.1, -0.05) is 25.4 Å². The molecule has 0 fully saturated rings. The van der Waals surface area contributed by atoms with Crippen LogP contribution in [0, 0.1) is 5.41 Å². The van der Waals surface area contributed by atoms with E-state index in [0.717, 1.165) is 12.3 Å². The van der Waals surface area contributed by atoms with Crippen LogP contribution in [0.2, 0.25) is 5.02 Å². The van der Waals surface area contributed by atoms with Crippen molar-refractivity contribution in [1.29, 1.82) is 0 Å². The minimum Gasteiger partial charge on any atom is -0.271 e. The maximum Gasteiger partial charge on any atom is 0.0785 e. The van der Waals surface area contributed by atoms with Gasteiger partial charge in [-0.05, 0) is 11.2 Å². The average molecular weight is 205 g/mol. The fraction of sp³-hybridized carbons (Fsp3) is 0.625. The van der Waals surface area contributed by atoms with Crippen LogP contribution in [0.1, 0.15) is 13.8 Å². The van der Waals surface area contributed by atoms with Crippen molar-refractivity contribution < 1.29 is 0 Å². The second kappa shape index (κ2) is 3.71. The Morgan fingerprint density at radius 1 is 1.67 bits per heavy atom. The molecule has 0 spiro atoms.